The third-order valence-electron chi connectivity index (χ3n) is 3.73. The van der Waals surface area contributed by atoms with E-state index in [1.54, 1.807) is 25.7 Å². The van der Waals surface area contributed by atoms with Gasteiger partial charge in [0.05, 0.1) is 12.9 Å². The van der Waals surface area contributed by atoms with E-state index in [1.807, 2.05) is 34.6 Å². The summed E-state index contributed by atoms with van der Waals surface area (Å²) < 4.78 is 46.8. The first-order chi connectivity index (χ1) is 15.1. The van der Waals surface area contributed by atoms with E-state index in [1.165, 1.54) is 12.0 Å². The van der Waals surface area contributed by atoms with E-state index in [0.29, 0.717) is 44.8 Å². The zero-order valence-electron chi connectivity index (χ0n) is 22.6. The zero-order chi connectivity index (χ0) is 26.2. The minimum absolute atomic E-state index is 0. The Morgan fingerprint density at radius 2 is 1.15 bits per heavy atom. The van der Waals surface area contributed by atoms with Crippen LogP contribution in [0.1, 0.15) is 68.2 Å². The fraction of sp³-hybridized carbons (Fsp3) is 0.905. The number of carbonyl (C=O) groups is 2. The van der Waals surface area contributed by atoms with Crippen molar-refractivity contribution in [2.24, 2.45) is 0 Å². The molecule has 0 aliphatic heterocycles. The van der Waals surface area contributed by atoms with Gasteiger partial charge in [-0.25, -0.2) is 13.8 Å². The summed E-state index contributed by atoms with van der Waals surface area (Å²) in [6, 6.07) is 0. The molecule has 0 saturated heterocycles. The van der Waals surface area contributed by atoms with Crippen molar-refractivity contribution in [3.8, 4) is 0 Å². The molecule has 0 aromatic heterocycles. The van der Waals surface area contributed by atoms with Crippen molar-refractivity contribution in [2.75, 3.05) is 44.8 Å². The second-order valence-electron chi connectivity index (χ2n) is 9.01. The van der Waals surface area contributed by atoms with Gasteiger partial charge in [0.2, 0.25) is 0 Å². The minimum Gasteiger partial charge on any atom is -0.772 e. The van der Waals surface area contributed by atoms with Crippen LogP contribution in [0, 0.1) is 0 Å². The van der Waals surface area contributed by atoms with Crippen molar-refractivity contribution in [3.05, 3.63) is 0 Å². The molecule has 2 atom stereocenters. The normalized spacial score (nSPS) is 12.9. The maximum Gasteiger partial charge on any atom is 1.00 e. The van der Waals surface area contributed by atoms with Gasteiger partial charge in [0.1, 0.15) is 11.2 Å². The number of carbonyl (C=O) groups excluding carboxylic acids is 2. The predicted molar refractivity (Wildman–Crippen MR) is 130 cm³/mol. The topological polar surface area (TPSA) is 126 Å². The first kappa shape index (κ1) is 38.3. The molecule has 13 heteroatoms. The summed E-state index contributed by atoms with van der Waals surface area (Å²) in [4.78, 5) is 26.4. The van der Waals surface area contributed by atoms with Crippen molar-refractivity contribution in [3.63, 3.8) is 0 Å². The quantitative estimate of drug-likeness (QED) is 0.274. The van der Waals surface area contributed by atoms with E-state index in [2.05, 4.69) is 4.18 Å². The van der Waals surface area contributed by atoms with Gasteiger partial charge in [0, 0.05) is 31.9 Å². The molecule has 0 aromatic rings. The van der Waals surface area contributed by atoms with Crippen molar-refractivity contribution >= 4 is 34.3 Å². The molecule has 0 bridgehead atoms. The zero-order valence-corrected chi connectivity index (χ0v) is 26.3. The fourth-order valence-electron chi connectivity index (χ4n) is 2.24. The number of amides is 2. The molecule has 10 nitrogen and oxygen atoms in total. The van der Waals surface area contributed by atoms with E-state index in [-0.39, 0.29) is 41.4 Å². The largest absolute Gasteiger partial charge is 1.00 e. The molecule has 34 heavy (non-hydrogen) atoms. The first-order valence-corrected chi connectivity index (χ1v) is 13.5. The molecule has 0 N–H and O–H groups in total. The molecule has 0 fully saturated rings. The summed E-state index contributed by atoms with van der Waals surface area (Å²) in [5.41, 5.74) is -1.01. The van der Waals surface area contributed by atoms with Gasteiger partial charge in [0.15, 0.2) is 11.1 Å². The third kappa shape index (κ3) is 23.5. The number of rotatable bonds is 11. The summed E-state index contributed by atoms with van der Waals surface area (Å²) in [5.74, 6) is 0.495. The Morgan fingerprint density at radius 1 is 0.794 bits per heavy atom. The molecule has 0 saturated carbocycles. The smallest absolute Gasteiger partial charge is 0.772 e. The maximum atomic E-state index is 11.7. The molecule has 0 aliphatic carbocycles. The van der Waals surface area contributed by atoms with Crippen LogP contribution in [0.3, 0.4) is 0 Å². The van der Waals surface area contributed by atoms with Gasteiger partial charge in [0.25, 0.3) is 0 Å². The van der Waals surface area contributed by atoms with E-state index in [0.717, 1.165) is 0 Å². The van der Waals surface area contributed by atoms with Gasteiger partial charge in [-0.3, -0.25) is 8.39 Å². The molecular weight excluding hydrogens is 495 g/mol. The van der Waals surface area contributed by atoms with E-state index in [4.69, 9.17) is 9.47 Å². The van der Waals surface area contributed by atoms with Gasteiger partial charge >= 0.3 is 41.7 Å². The Kier molecular flexibility index (Phi) is 22.4. The molecular formula is C21H43N2NaO8S2. The molecule has 0 heterocycles. The molecule has 0 radical (unpaired) electrons. The Balaban J connectivity index is -0.000000550. The van der Waals surface area contributed by atoms with Gasteiger partial charge in [-0.2, -0.15) is 0 Å². The van der Waals surface area contributed by atoms with Crippen LogP contribution >= 0.6 is 0 Å². The van der Waals surface area contributed by atoms with Crippen LogP contribution < -0.4 is 29.6 Å². The average Bonchev–Trinajstić information content (AvgIpc) is 2.65. The van der Waals surface area contributed by atoms with E-state index in [9.17, 15) is 22.6 Å². The Labute approximate surface area is 233 Å². The first-order valence-electron chi connectivity index (χ1n) is 11.0. The Morgan fingerprint density at radius 3 is 1.41 bits per heavy atom. The second kappa shape index (κ2) is 19.9. The Hall–Kier alpha value is -0.240. The average molecular weight is 539 g/mol. The summed E-state index contributed by atoms with van der Waals surface area (Å²) in [6.45, 7) is 16.6. The van der Waals surface area contributed by atoms with Crippen molar-refractivity contribution in [1.82, 2.24) is 9.80 Å². The standard InChI is InChI=1S/C11H23NO4S.C10H21NO4S.Na/c1-6-12(8-7-9-17(14)15-5)10(13)16-11(2,3)4;1-5-11(7-6-8-16(13)14)9(12)15-10(2,3)4;/h6-9H2,1-5H3;5-8H2,1-4H3,(H,13,14);/q;;+1/p-1. The molecule has 2 amide bonds. The SMILES string of the molecule is CCN(CCCS(=O)OC)C(=O)OC(C)(C)C.CCN(CCCS(=O)[O-])C(=O)OC(C)(C)C.[Na+]. The molecule has 0 rings (SSSR count). The minimum atomic E-state index is -2.05. The van der Waals surface area contributed by atoms with E-state index >= 15 is 0 Å². The molecule has 0 aliphatic rings. The van der Waals surface area contributed by atoms with Crippen LogP contribution in [0.4, 0.5) is 9.59 Å². The summed E-state index contributed by atoms with van der Waals surface area (Å²) in [5, 5.41) is 0. The van der Waals surface area contributed by atoms with Crippen molar-refractivity contribution in [1.29, 1.82) is 0 Å². The van der Waals surface area contributed by atoms with Crippen LogP contribution in [0.5, 0.6) is 0 Å². The van der Waals surface area contributed by atoms with Gasteiger partial charge in [-0.1, -0.05) is 11.1 Å². The van der Waals surface area contributed by atoms with Crippen LogP contribution in [-0.2, 0) is 35.8 Å². The molecule has 0 aromatic carbocycles. The van der Waals surface area contributed by atoms with Gasteiger partial charge in [-0.15, -0.1) is 0 Å². The van der Waals surface area contributed by atoms with Crippen LogP contribution in [-0.4, -0.2) is 91.0 Å². The summed E-state index contributed by atoms with van der Waals surface area (Å²) in [6.07, 6.45) is 0.339. The van der Waals surface area contributed by atoms with Gasteiger partial charge in [-0.05, 0) is 68.2 Å². The van der Waals surface area contributed by atoms with Crippen molar-refractivity contribution in [2.45, 2.75) is 79.4 Å². The van der Waals surface area contributed by atoms with E-state index < -0.39 is 39.5 Å². The molecule has 0 spiro atoms. The fourth-order valence-corrected chi connectivity index (χ4v) is 3.14. The third-order valence-corrected chi connectivity index (χ3v) is 5.35. The van der Waals surface area contributed by atoms with Crippen molar-refractivity contribution < 1.29 is 65.8 Å². The van der Waals surface area contributed by atoms with Gasteiger partial charge < -0.3 is 23.8 Å². The number of hydrogen-bond acceptors (Lipinski definition) is 8. The molecule has 2 unspecified atom stereocenters. The predicted octanol–water partition coefficient (Wildman–Crippen LogP) is 0.460. The summed E-state index contributed by atoms with van der Waals surface area (Å²) in [7, 11) is 1.40. The summed E-state index contributed by atoms with van der Waals surface area (Å²) >= 11 is -3.30. The molecule has 198 valence electrons. The van der Waals surface area contributed by atoms with Crippen LogP contribution in [0.15, 0.2) is 0 Å². The maximum absolute atomic E-state index is 11.7. The monoisotopic (exact) mass is 538 g/mol. The van der Waals surface area contributed by atoms with Crippen LogP contribution in [0.2, 0.25) is 0 Å². The number of nitrogens with zero attached hydrogens (tertiary/aromatic N) is 2. The van der Waals surface area contributed by atoms with Crippen LogP contribution in [0.25, 0.3) is 0 Å². The number of ether oxygens (including phenoxy) is 2. The second-order valence-corrected chi connectivity index (χ2v) is 11.4. The number of hydrogen-bond donors (Lipinski definition) is 0. The Bertz CT molecular complexity index is 625.